The van der Waals surface area contributed by atoms with Gasteiger partial charge in [-0.25, -0.2) is 4.98 Å². The zero-order chi connectivity index (χ0) is 16.6. The largest absolute Gasteiger partial charge is 0.300 e. The van der Waals surface area contributed by atoms with Gasteiger partial charge in [-0.2, -0.15) is 0 Å². The Balaban J connectivity index is 2.16. The van der Waals surface area contributed by atoms with Crippen LogP contribution in [0.1, 0.15) is 56.3 Å². The second kappa shape index (κ2) is 6.56. The van der Waals surface area contributed by atoms with Crippen LogP contribution in [-0.2, 0) is 30.6 Å². The zero-order valence-corrected chi connectivity index (χ0v) is 15.0. The number of ketones is 1. The molecule has 0 bridgehead atoms. The standard InChI is InChI=1S/C18H24N2O2S/c1-4-5-15-19-17-16(18(22)20(15)9-8-12(3)21)13-7-6-11(2)10-14(13)23-17/h11H,4-10H2,1-3H3. The highest BCUT2D eigenvalue weighted by Gasteiger charge is 2.24. The molecule has 1 atom stereocenters. The Kier molecular flexibility index (Phi) is 4.67. The molecule has 124 valence electrons. The Morgan fingerprint density at radius 1 is 1.43 bits per heavy atom. The van der Waals surface area contributed by atoms with E-state index in [2.05, 4.69) is 13.8 Å². The third-order valence-corrected chi connectivity index (χ3v) is 5.80. The molecule has 0 N–H and O–H groups in total. The van der Waals surface area contributed by atoms with Crippen molar-refractivity contribution in [2.24, 2.45) is 5.92 Å². The van der Waals surface area contributed by atoms with E-state index in [-0.39, 0.29) is 11.3 Å². The molecular weight excluding hydrogens is 308 g/mol. The van der Waals surface area contributed by atoms with Crippen LogP contribution in [-0.4, -0.2) is 15.3 Å². The van der Waals surface area contributed by atoms with Gasteiger partial charge in [-0.05, 0) is 44.1 Å². The lowest BCUT2D eigenvalue weighted by Gasteiger charge is -2.17. The fourth-order valence-electron chi connectivity index (χ4n) is 3.38. The lowest BCUT2D eigenvalue weighted by atomic mass is 9.89. The van der Waals surface area contributed by atoms with Crippen LogP contribution < -0.4 is 5.56 Å². The first kappa shape index (κ1) is 16.4. The molecule has 0 aromatic carbocycles. The summed E-state index contributed by atoms with van der Waals surface area (Å²) in [6.07, 6.45) is 5.30. The van der Waals surface area contributed by atoms with Gasteiger partial charge in [0.05, 0.1) is 5.39 Å². The number of aryl methyl sites for hydroxylation is 2. The fourth-order valence-corrected chi connectivity index (χ4v) is 4.77. The number of nitrogens with zero attached hydrogens (tertiary/aromatic N) is 2. The van der Waals surface area contributed by atoms with Gasteiger partial charge in [-0.1, -0.05) is 13.8 Å². The number of fused-ring (bicyclic) bond motifs is 3. The van der Waals surface area contributed by atoms with Crippen LogP contribution in [0.25, 0.3) is 10.2 Å². The summed E-state index contributed by atoms with van der Waals surface area (Å²) in [6, 6.07) is 0. The number of rotatable bonds is 5. The van der Waals surface area contributed by atoms with Crippen molar-refractivity contribution in [3.63, 3.8) is 0 Å². The second-order valence-corrected chi connectivity index (χ2v) is 7.80. The molecule has 0 radical (unpaired) electrons. The van der Waals surface area contributed by atoms with E-state index < -0.39 is 0 Å². The van der Waals surface area contributed by atoms with E-state index in [4.69, 9.17) is 4.98 Å². The first-order chi connectivity index (χ1) is 11.0. The molecule has 5 heteroatoms. The highest BCUT2D eigenvalue weighted by Crippen LogP contribution is 2.35. The highest BCUT2D eigenvalue weighted by atomic mass is 32.1. The number of carbonyl (C=O) groups excluding carboxylic acids is 1. The zero-order valence-electron chi connectivity index (χ0n) is 14.1. The minimum Gasteiger partial charge on any atom is -0.300 e. The minimum atomic E-state index is 0.0618. The fraction of sp³-hybridized carbons (Fsp3) is 0.611. The number of hydrogen-bond donors (Lipinski definition) is 0. The predicted octanol–water partition coefficient (Wildman–Crippen LogP) is 3.51. The van der Waals surface area contributed by atoms with Crippen molar-refractivity contribution in [1.29, 1.82) is 0 Å². The van der Waals surface area contributed by atoms with Crippen molar-refractivity contribution in [1.82, 2.24) is 9.55 Å². The summed E-state index contributed by atoms with van der Waals surface area (Å²) in [5.74, 6) is 1.63. The van der Waals surface area contributed by atoms with E-state index in [1.165, 1.54) is 10.4 Å². The summed E-state index contributed by atoms with van der Waals surface area (Å²) in [5, 5.41) is 0.820. The lowest BCUT2D eigenvalue weighted by Crippen LogP contribution is -2.26. The van der Waals surface area contributed by atoms with Crippen molar-refractivity contribution in [2.45, 2.75) is 65.8 Å². The minimum absolute atomic E-state index is 0.0618. The van der Waals surface area contributed by atoms with E-state index in [1.54, 1.807) is 22.8 Å². The average Bonchev–Trinajstić information content (AvgIpc) is 2.84. The number of thiophene rings is 1. The number of hydrogen-bond acceptors (Lipinski definition) is 4. The average molecular weight is 332 g/mol. The van der Waals surface area contributed by atoms with E-state index in [1.807, 2.05) is 0 Å². The van der Waals surface area contributed by atoms with Crippen molar-refractivity contribution < 1.29 is 4.79 Å². The molecule has 4 nitrogen and oxygen atoms in total. The van der Waals surface area contributed by atoms with E-state index in [0.717, 1.165) is 48.1 Å². The Bertz CT molecular complexity index is 803. The molecule has 1 aliphatic carbocycles. The van der Waals surface area contributed by atoms with Gasteiger partial charge in [-0.3, -0.25) is 14.2 Å². The predicted molar refractivity (Wildman–Crippen MR) is 94.4 cm³/mol. The normalized spacial score (nSPS) is 17.4. The van der Waals surface area contributed by atoms with E-state index in [0.29, 0.717) is 18.9 Å². The molecule has 2 aromatic heterocycles. The molecular formula is C18H24N2O2S. The molecule has 0 saturated heterocycles. The van der Waals surface area contributed by atoms with Crippen LogP contribution in [0.2, 0.25) is 0 Å². The summed E-state index contributed by atoms with van der Waals surface area (Å²) in [6.45, 7) is 6.39. The van der Waals surface area contributed by atoms with E-state index >= 15 is 0 Å². The monoisotopic (exact) mass is 332 g/mol. The van der Waals surface area contributed by atoms with Gasteiger partial charge in [0.2, 0.25) is 0 Å². The molecule has 0 amide bonds. The maximum absolute atomic E-state index is 13.1. The van der Waals surface area contributed by atoms with Gasteiger partial charge in [0, 0.05) is 24.3 Å². The quantitative estimate of drug-likeness (QED) is 0.842. The molecule has 3 rings (SSSR count). The van der Waals surface area contributed by atoms with Gasteiger partial charge >= 0.3 is 0 Å². The molecule has 1 aliphatic rings. The molecule has 2 heterocycles. The van der Waals surface area contributed by atoms with Crippen molar-refractivity contribution in [3.05, 3.63) is 26.6 Å². The van der Waals surface area contributed by atoms with Crippen LogP contribution in [0.4, 0.5) is 0 Å². The first-order valence-corrected chi connectivity index (χ1v) is 9.36. The number of aromatic nitrogens is 2. The second-order valence-electron chi connectivity index (χ2n) is 6.72. The Morgan fingerprint density at radius 3 is 2.91 bits per heavy atom. The summed E-state index contributed by atoms with van der Waals surface area (Å²) >= 11 is 1.70. The van der Waals surface area contributed by atoms with Crippen LogP contribution in [0, 0.1) is 5.92 Å². The Morgan fingerprint density at radius 2 is 2.22 bits per heavy atom. The third kappa shape index (κ3) is 3.11. The maximum atomic E-state index is 13.1. The van der Waals surface area contributed by atoms with Crippen LogP contribution in [0.3, 0.4) is 0 Å². The van der Waals surface area contributed by atoms with E-state index in [9.17, 15) is 9.59 Å². The third-order valence-electron chi connectivity index (χ3n) is 4.66. The topological polar surface area (TPSA) is 52.0 Å². The smallest absolute Gasteiger partial charge is 0.262 e. The van der Waals surface area contributed by atoms with Crippen molar-refractivity contribution in [3.8, 4) is 0 Å². The highest BCUT2D eigenvalue weighted by molar-refractivity contribution is 7.18. The summed E-state index contributed by atoms with van der Waals surface area (Å²) in [4.78, 5) is 31.5. The molecule has 1 unspecified atom stereocenters. The number of carbonyl (C=O) groups is 1. The molecule has 0 aliphatic heterocycles. The SMILES string of the molecule is CCCc1nc2sc3c(c2c(=O)n1CCC(C)=O)CCC(C)C3. The summed E-state index contributed by atoms with van der Waals surface area (Å²) < 4.78 is 1.75. The van der Waals surface area contributed by atoms with Crippen molar-refractivity contribution in [2.75, 3.05) is 0 Å². The molecule has 0 fully saturated rings. The van der Waals surface area contributed by atoms with Crippen LogP contribution in [0.15, 0.2) is 4.79 Å². The molecule has 2 aromatic rings. The summed E-state index contributed by atoms with van der Waals surface area (Å²) in [5.41, 5.74) is 1.28. The van der Waals surface area contributed by atoms with Gasteiger partial charge in [0.15, 0.2) is 0 Å². The Labute approximate surface area is 140 Å². The molecule has 0 spiro atoms. The number of Topliss-reactive ketones (excluding diaryl/α,β-unsaturated/α-hetero) is 1. The maximum Gasteiger partial charge on any atom is 0.262 e. The van der Waals surface area contributed by atoms with Gasteiger partial charge in [0.1, 0.15) is 16.4 Å². The summed E-state index contributed by atoms with van der Waals surface area (Å²) in [7, 11) is 0. The molecule has 0 saturated carbocycles. The van der Waals surface area contributed by atoms with Gasteiger partial charge in [-0.15, -0.1) is 11.3 Å². The van der Waals surface area contributed by atoms with Crippen molar-refractivity contribution >= 4 is 27.3 Å². The van der Waals surface area contributed by atoms with Gasteiger partial charge < -0.3 is 0 Å². The first-order valence-electron chi connectivity index (χ1n) is 8.54. The van der Waals surface area contributed by atoms with Crippen LogP contribution >= 0.6 is 11.3 Å². The lowest BCUT2D eigenvalue weighted by molar-refractivity contribution is -0.117. The Hall–Kier alpha value is -1.49. The molecule has 23 heavy (non-hydrogen) atoms. The van der Waals surface area contributed by atoms with Gasteiger partial charge in [0.25, 0.3) is 5.56 Å². The van der Waals surface area contributed by atoms with Crippen LogP contribution in [0.5, 0.6) is 0 Å².